The van der Waals surface area contributed by atoms with E-state index in [4.69, 9.17) is 0 Å². The summed E-state index contributed by atoms with van der Waals surface area (Å²) in [6.07, 6.45) is -0.00141. The molecule has 3 nitrogen and oxygen atoms in total. The summed E-state index contributed by atoms with van der Waals surface area (Å²) in [6, 6.07) is 5.89. The van der Waals surface area contributed by atoms with Crippen LogP contribution in [0.3, 0.4) is 0 Å². The number of benzene rings is 1. The Kier molecular flexibility index (Phi) is 4.48. The molecule has 1 aromatic carbocycles. The van der Waals surface area contributed by atoms with Crippen molar-refractivity contribution in [1.82, 2.24) is 9.78 Å². The zero-order chi connectivity index (χ0) is 14.2. The van der Waals surface area contributed by atoms with Gasteiger partial charge in [0.05, 0.1) is 22.0 Å². The maximum absolute atomic E-state index is 10.5. The molecule has 0 saturated carbocycles. The number of hydrogen-bond donors (Lipinski definition) is 1. The van der Waals surface area contributed by atoms with E-state index in [0.717, 1.165) is 31.5 Å². The zero-order valence-corrected chi connectivity index (χ0v) is 14.3. The molecule has 1 aromatic heterocycles. The minimum atomic E-state index is -0.538. The highest BCUT2D eigenvalue weighted by Crippen LogP contribution is 2.29. The van der Waals surface area contributed by atoms with Crippen molar-refractivity contribution in [2.45, 2.75) is 26.4 Å². The molecule has 1 heterocycles. The van der Waals surface area contributed by atoms with Crippen molar-refractivity contribution in [3.05, 3.63) is 49.7 Å². The molecule has 102 valence electrons. The van der Waals surface area contributed by atoms with Gasteiger partial charge >= 0.3 is 0 Å². The van der Waals surface area contributed by atoms with E-state index in [2.05, 4.69) is 37.0 Å². The molecule has 0 radical (unpaired) electrons. The van der Waals surface area contributed by atoms with E-state index < -0.39 is 6.10 Å². The van der Waals surface area contributed by atoms with Gasteiger partial charge in [0.25, 0.3) is 0 Å². The predicted octanol–water partition coefficient (Wildman–Crippen LogP) is 3.84. The predicted molar refractivity (Wildman–Crippen MR) is 83.2 cm³/mol. The lowest BCUT2D eigenvalue weighted by atomic mass is 10.00. The van der Waals surface area contributed by atoms with Crippen molar-refractivity contribution in [1.29, 1.82) is 0 Å². The van der Waals surface area contributed by atoms with Crippen LogP contribution in [0.5, 0.6) is 0 Å². The third kappa shape index (κ3) is 2.93. The molecule has 19 heavy (non-hydrogen) atoms. The van der Waals surface area contributed by atoms with E-state index >= 15 is 0 Å². The van der Waals surface area contributed by atoms with Gasteiger partial charge in [0.15, 0.2) is 0 Å². The van der Waals surface area contributed by atoms with Gasteiger partial charge in [0.1, 0.15) is 0 Å². The first-order valence-electron chi connectivity index (χ1n) is 6.03. The molecule has 1 atom stereocenters. The Labute approximate surface area is 129 Å². The molecule has 1 unspecified atom stereocenters. The van der Waals surface area contributed by atoms with Crippen LogP contribution >= 0.6 is 31.9 Å². The van der Waals surface area contributed by atoms with Crippen LogP contribution in [0.4, 0.5) is 0 Å². The summed E-state index contributed by atoms with van der Waals surface area (Å²) in [5.74, 6) is 0. The summed E-state index contributed by atoms with van der Waals surface area (Å²) in [4.78, 5) is 0. The van der Waals surface area contributed by atoms with Crippen molar-refractivity contribution >= 4 is 31.9 Å². The largest absolute Gasteiger partial charge is 0.388 e. The highest BCUT2D eigenvalue weighted by Gasteiger charge is 2.18. The summed E-state index contributed by atoms with van der Waals surface area (Å²) >= 11 is 7.03. The Bertz CT molecular complexity index is 608. The van der Waals surface area contributed by atoms with Crippen LogP contribution in [-0.2, 0) is 13.5 Å². The summed E-state index contributed by atoms with van der Waals surface area (Å²) in [5, 5.41) is 14.8. The first kappa shape index (κ1) is 14.8. The molecule has 0 aliphatic rings. The van der Waals surface area contributed by atoms with Crippen molar-refractivity contribution in [3.63, 3.8) is 0 Å². The average Bonchev–Trinajstić information content (AvgIpc) is 2.59. The fraction of sp³-hybridized carbons (Fsp3) is 0.357. The van der Waals surface area contributed by atoms with Gasteiger partial charge in [-0.25, -0.2) is 0 Å². The van der Waals surface area contributed by atoms with Crippen molar-refractivity contribution < 1.29 is 5.11 Å². The van der Waals surface area contributed by atoms with E-state index in [-0.39, 0.29) is 0 Å². The molecule has 2 aromatic rings. The van der Waals surface area contributed by atoms with Crippen molar-refractivity contribution in [2.24, 2.45) is 7.05 Å². The van der Waals surface area contributed by atoms with E-state index in [9.17, 15) is 5.11 Å². The standard InChI is InChI=1S/C14H16Br2N2O/c1-8-10(5-4-6-11(8)15)13(19)7-12-14(16)9(2)17-18(12)3/h4-6,13,19H,7H2,1-3H3. The van der Waals surface area contributed by atoms with Gasteiger partial charge in [-0.1, -0.05) is 28.1 Å². The quantitative estimate of drug-likeness (QED) is 0.868. The summed E-state index contributed by atoms with van der Waals surface area (Å²) < 4.78 is 3.81. The molecule has 1 N–H and O–H groups in total. The molecule has 0 fully saturated rings. The first-order valence-corrected chi connectivity index (χ1v) is 7.61. The highest BCUT2D eigenvalue weighted by molar-refractivity contribution is 9.10. The van der Waals surface area contributed by atoms with Crippen LogP contribution < -0.4 is 0 Å². The number of aromatic nitrogens is 2. The number of halogens is 2. The SMILES string of the molecule is Cc1nn(C)c(CC(O)c2cccc(Br)c2C)c1Br. The number of aryl methyl sites for hydroxylation is 2. The van der Waals surface area contributed by atoms with E-state index in [0.29, 0.717) is 6.42 Å². The summed E-state index contributed by atoms with van der Waals surface area (Å²) in [6.45, 7) is 3.95. The minimum absolute atomic E-state index is 0.537. The molecule has 0 amide bonds. The number of aliphatic hydroxyl groups excluding tert-OH is 1. The summed E-state index contributed by atoms with van der Waals surface area (Å²) in [7, 11) is 1.90. The van der Waals surface area contributed by atoms with Crippen LogP contribution in [0.2, 0.25) is 0 Å². The van der Waals surface area contributed by atoms with E-state index in [1.54, 1.807) is 0 Å². The fourth-order valence-electron chi connectivity index (χ4n) is 2.18. The molecular weight excluding hydrogens is 372 g/mol. The Morgan fingerprint density at radius 2 is 2.00 bits per heavy atom. The third-order valence-corrected chi connectivity index (χ3v) is 5.21. The second kappa shape index (κ2) is 5.77. The average molecular weight is 388 g/mol. The fourth-order valence-corrected chi connectivity index (χ4v) is 3.06. The van der Waals surface area contributed by atoms with Gasteiger partial charge in [-0.2, -0.15) is 5.10 Å². The molecule has 0 spiro atoms. The number of hydrogen-bond acceptors (Lipinski definition) is 2. The van der Waals surface area contributed by atoms with Crippen LogP contribution in [0.1, 0.15) is 28.6 Å². The lowest BCUT2D eigenvalue weighted by molar-refractivity contribution is 0.175. The molecule has 0 aliphatic heterocycles. The Morgan fingerprint density at radius 1 is 1.32 bits per heavy atom. The number of aliphatic hydroxyl groups is 1. The molecule has 2 rings (SSSR count). The van der Waals surface area contributed by atoms with Crippen molar-refractivity contribution in [3.8, 4) is 0 Å². The van der Waals surface area contributed by atoms with Crippen molar-refractivity contribution in [2.75, 3.05) is 0 Å². The van der Waals surface area contributed by atoms with Crippen LogP contribution in [0, 0.1) is 13.8 Å². The molecule has 0 saturated heterocycles. The molecule has 5 heteroatoms. The van der Waals surface area contributed by atoms with E-state index in [1.807, 2.05) is 43.8 Å². The topological polar surface area (TPSA) is 38.0 Å². The minimum Gasteiger partial charge on any atom is -0.388 e. The Morgan fingerprint density at radius 3 is 2.58 bits per heavy atom. The molecular formula is C14H16Br2N2O. The van der Waals surface area contributed by atoms with Crippen LogP contribution in [-0.4, -0.2) is 14.9 Å². The number of rotatable bonds is 3. The summed E-state index contributed by atoms with van der Waals surface area (Å²) in [5.41, 5.74) is 3.96. The Hall–Kier alpha value is -0.650. The lowest BCUT2D eigenvalue weighted by Crippen LogP contribution is -2.08. The van der Waals surface area contributed by atoms with Gasteiger partial charge in [0.2, 0.25) is 0 Å². The van der Waals surface area contributed by atoms with Gasteiger partial charge in [-0.05, 0) is 47.0 Å². The van der Waals surface area contributed by atoms with Gasteiger partial charge in [-0.3, -0.25) is 4.68 Å². The second-order valence-corrected chi connectivity index (χ2v) is 6.29. The lowest BCUT2D eigenvalue weighted by Gasteiger charge is -2.15. The third-order valence-electron chi connectivity index (χ3n) is 3.32. The van der Waals surface area contributed by atoms with Gasteiger partial charge in [0, 0.05) is 17.9 Å². The monoisotopic (exact) mass is 386 g/mol. The van der Waals surface area contributed by atoms with Crippen LogP contribution in [0.15, 0.2) is 27.1 Å². The van der Waals surface area contributed by atoms with Gasteiger partial charge in [-0.15, -0.1) is 0 Å². The maximum Gasteiger partial charge on any atom is 0.0848 e. The first-order chi connectivity index (χ1) is 8.91. The molecule has 0 aliphatic carbocycles. The molecule has 0 bridgehead atoms. The smallest absolute Gasteiger partial charge is 0.0848 e. The van der Waals surface area contributed by atoms with E-state index in [1.165, 1.54) is 0 Å². The second-order valence-electron chi connectivity index (χ2n) is 4.64. The normalized spacial score (nSPS) is 12.7. The maximum atomic E-state index is 10.5. The Balaban J connectivity index is 2.31. The van der Waals surface area contributed by atoms with Crippen LogP contribution in [0.25, 0.3) is 0 Å². The number of nitrogens with zero attached hydrogens (tertiary/aromatic N) is 2. The zero-order valence-electron chi connectivity index (χ0n) is 11.1. The van der Waals surface area contributed by atoms with Gasteiger partial charge < -0.3 is 5.11 Å². The highest BCUT2D eigenvalue weighted by atomic mass is 79.9.